The quantitative estimate of drug-likeness (QED) is 0.271. The SMILES string of the molecule is CCNC(=O)C(c1ccccc1)N1CCN(c2ccc(NC(=O)c3ccccc3-c3ccc(Cl)cc3)cc2)CC1. The highest BCUT2D eigenvalue weighted by atomic mass is 35.5. The van der Waals surface area contributed by atoms with Crippen molar-refractivity contribution in [2.45, 2.75) is 13.0 Å². The number of piperazine rings is 1. The third-order valence-corrected chi connectivity index (χ3v) is 7.46. The molecule has 1 saturated heterocycles. The Bertz CT molecular complexity index is 1430. The number of amides is 2. The molecule has 1 unspecified atom stereocenters. The Kier molecular flexibility index (Phi) is 8.79. The Morgan fingerprint density at radius 2 is 1.45 bits per heavy atom. The van der Waals surface area contributed by atoms with E-state index in [-0.39, 0.29) is 17.9 Å². The summed E-state index contributed by atoms with van der Waals surface area (Å²) in [7, 11) is 0. The van der Waals surface area contributed by atoms with Crippen molar-refractivity contribution in [2.75, 3.05) is 42.9 Å². The van der Waals surface area contributed by atoms with Crippen LogP contribution in [0.4, 0.5) is 11.4 Å². The number of anilines is 2. The van der Waals surface area contributed by atoms with Crippen LogP contribution < -0.4 is 15.5 Å². The largest absolute Gasteiger partial charge is 0.369 e. The Morgan fingerprint density at radius 3 is 2.12 bits per heavy atom. The van der Waals surface area contributed by atoms with Crippen molar-refractivity contribution in [3.63, 3.8) is 0 Å². The van der Waals surface area contributed by atoms with E-state index in [1.54, 1.807) is 0 Å². The highest BCUT2D eigenvalue weighted by molar-refractivity contribution is 6.30. The summed E-state index contributed by atoms with van der Waals surface area (Å²) in [6, 6.07) is 32.7. The number of carbonyl (C=O) groups excluding carboxylic acids is 2. The van der Waals surface area contributed by atoms with Crippen LogP contribution in [0.2, 0.25) is 5.02 Å². The van der Waals surface area contributed by atoms with Crippen molar-refractivity contribution in [3.05, 3.63) is 119 Å². The minimum atomic E-state index is -0.295. The van der Waals surface area contributed by atoms with E-state index in [1.807, 2.05) is 110 Å². The summed E-state index contributed by atoms with van der Waals surface area (Å²) in [5.41, 5.74) is 5.23. The van der Waals surface area contributed by atoms with Gasteiger partial charge in [-0.3, -0.25) is 14.5 Å². The molecule has 4 aromatic carbocycles. The number of rotatable bonds is 8. The van der Waals surface area contributed by atoms with Gasteiger partial charge in [0.15, 0.2) is 0 Å². The topological polar surface area (TPSA) is 64.7 Å². The van der Waals surface area contributed by atoms with Crippen LogP contribution in [0.1, 0.15) is 28.9 Å². The molecule has 1 aliphatic heterocycles. The predicted molar refractivity (Wildman–Crippen MR) is 163 cm³/mol. The number of carbonyl (C=O) groups is 2. The number of nitrogens with zero attached hydrogens (tertiary/aromatic N) is 2. The van der Waals surface area contributed by atoms with Crippen LogP contribution >= 0.6 is 11.6 Å². The molecule has 1 aliphatic rings. The van der Waals surface area contributed by atoms with Crippen LogP contribution in [0.25, 0.3) is 11.1 Å². The molecule has 2 N–H and O–H groups in total. The molecule has 0 aromatic heterocycles. The molecular formula is C33H33ClN4O2. The van der Waals surface area contributed by atoms with E-state index < -0.39 is 0 Å². The van der Waals surface area contributed by atoms with Gasteiger partial charge < -0.3 is 15.5 Å². The summed E-state index contributed by atoms with van der Waals surface area (Å²) >= 11 is 6.05. The van der Waals surface area contributed by atoms with Crippen molar-refractivity contribution < 1.29 is 9.59 Å². The zero-order valence-corrected chi connectivity index (χ0v) is 23.3. The first-order chi connectivity index (χ1) is 19.5. The first-order valence-electron chi connectivity index (χ1n) is 13.6. The molecule has 1 heterocycles. The highest BCUT2D eigenvalue weighted by Crippen LogP contribution is 2.28. The first kappa shape index (κ1) is 27.4. The van der Waals surface area contributed by atoms with Crippen molar-refractivity contribution in [3.8, 4) is 11.1 Å². The molecule has 0 aliphatic carbocycles. The summed E-state index contributed by atoms with van der Waals surface area (Å²) in [5, 5.41) is 6.69. The molecule has 6 nitrogen and oxygen atoms in total. The molecule has 4 aromatic rings. The van der Waals surface area contributed by atoms with E-state index in [1.165, 1.54) is 0 Å². The second-order valence-corrected chi connectivity index (χ2v) is 10.2. The van der Waals surface area contributed by atoms with E-state index >= 15 is 0 Å². The van der Waals surface area contributed by atoms with E-state index in [9.17, 15) is 9.59 Å². The second kappa shape index (κ2) is 12.8. The van der Waals surface area contributed by atoms with Crippen molar-refractivity contribution >= 4 is 34.8 Å². The number of halogens is 1. The first-order valence-corrected chi connectivity index (χ1v) is 14.0. The van der Waals surface area contributed by atoms with Gasteiger partial charge in [0.2, 0.25) is 5.91 Å². The summed E-state index contributed by atoms with van der Waals surface area (Å²) in [6.45, 7) is 5.72. The maximum Gasteiger partial charge on any atom is 0.256 e. The predicted octanol–water partition coefficient (Wildman–Crippen LogP) is 6.26. The molecule has 7 heteroatoms. The average molecular weight is 553 g/mol. The van der Waals surface area contributed by atoms with Crippen LogP contribution in [0, 0.1) is 0 Å². The molecule has 204 valence electrons. The average Bonchev–Trinajstić information content (AvgIpc) is 2.99. The molecular weight excluding hydrogens is 520 g/mol. The highest BCUT2D eigenvalue weighted by Gasteiger charge is 2.30. The normalized spacial score (nSPS) is 14.4. The fourth-order valence-corrected chi connectivity index (χ4v) is 5.31. The smallest absolute Gasteiger partial charge is 0.256 e. The maximum absolute atomic E-state index is 13.2. The van der Waals surface area contributed by atoms with Gasteiger partial charge in [-0.25, -0.2) is 0 Å². The number of nitrogens with one attached hydrogen (secondary N) is 2. The molecule has 1 fully saturated rings. The monoisotopic (exact) mass is 552 g/mol. The van der Waals surface area contributed by atoms with Gasteiger partial charge >= 0.3 is 0 Å². The Labute approximate surface area is 240 Å². The van der Waals surface area contributed by atoms with Crippen molar-refractivity contribution in [2.24, 2.45) is 0 Å². The third-order valence-electron chi connectivity index (χ3n) is 7.21. The zero-order chi connectivity index (χ0) is 27.9. The number of hydrogen-bond donors (Lipinski definition) is 2. The van der Waals surface area contributed by atoms with Gasteiger partial charge in [0.05, 0.1) is 0 Å². The van der Waals surface area contributed by atoms with E-state index in [0.717, 1.165) is 54.2 Å². The summed E-state index contributed by atoms with van der Waals surface area (Å²) in [4.78, 5) is 30.7. The van der Waals surface area contributed by atoms with Gasteiger partial charge in [0.25, 0.3) is 5.91 Å². The van der Waals surface area contributed by atoms with E-state index in [0.29, 0.717) is 17.1 Å². The number of likely N-dealkylation sites (N-methyl/N-ethyl adjacent to an activating group) is 1. The zero-order valence-electron chi connectivity index (χ0n) is 22.5. The number of hydrogen-bond acceptors (Lipinski definition) is 4. The minimum absolute atomic E-state index is 0.0416. The third kappa shape index (κ3) is 6.36. The molecule has 2 amide bonds. The van der Waals surface area contributed by atoms with Crippen LogP contribution in [0.5, 0.6) is 0 Å². The van der Waals surface area contributed by atoms with Crippen LogP contribution in [-0.2, 0) is 4.79 Å². The summed E-state index contributed by atoms with van der Waals surface area (Å²) in [6.07, 6.45) is 0. The molecule has 1 atom stereocenters. The van der Waals surface area contributed by atoms with Crippen LogP contribution in [0.15, 0.2) is 103 Å². The molecule has 0 radical (unpaired) electrons. The fourth-order valence-electron chi connectivity index (χ4n) is 5.19. The van der Waals surface area contributed by atoms with Gasteiger partial charge in [-0.1, -0.05) is 72.3 Å². The standard InChI is InChI=1S/C33H33ClN4O2/c1-2-35-33(40)31(25-8-4-3-5-9-25)38-22-20-37(21-23-38)28-18-16-27(17-19-28)36-32(39)30-11-7-6-10-29(30)24-12-14-26(34)15-13-24/h3-19,31H,2,20-23H2,1H3,(H,35,40)(H,36,39). The van der Waals surface area contributed by atoms with Gasteiger partial charge in [0.1, 0.15) is 6.04 Å². The lowest BCUT2D eigenvalue weighted by molar-refractivity contribution is -0.126. The van der Waals surface area contributed by atoms with Crippen LogP contribution in [0.3, 0.4) is 0 Å². The lowest BCUT2D eigenvalue weighted by atomic mass is 9.99. The van der Waals surface area contributed by atoms with Crippen molar-refractivity contribution in [1.29, 1.82) is 0 Å². The summed E-state index contributed by atoms with van der Waals surface area (Å²) in [5.74, 6) is -0.121. The van der Waals surface area contributed by atoms with E-state index in [2.05, 4.69) is 20.4 Å². The summed E-state index contributed by atoms with van der Waals surface area (Å²) < 4.78 is 0. The number of benzene rings is 4. The lowest BCUT2D eigenvalue weighted by Gasteiger charge is -2.39. The van der Waals surface area contributed by atoms with Gasteiger partial charge in [-0.05, 0) is 66.1 Å². The van der Waals surface area contributed by atoms with Crippen molar-refractivity contribution in [1.82, 2.24) is 10.2 Å². The minimum Gasteiger partial charge on any atom is -0.369 e. The van der Waals surface area contributed by atoms with Crippen LogP contribution in [-0.4, -0.2) is 49.4 Å². The lowest BCUT2D eigenvalue weighted by Crippen LogP contribution is -2.51. The van der Waals surface area contributed by atoms with Gasteiger partial charge in [-0.15, -0.1) is 0 Å². The fraction of sp³-hybridized carbons (Fsp3) is 0.212. The van der Waals surface area contributed by atoms with Gasteiger partial charge in [0, 0.05) is 54.7 Å². The molecule has 0 spiro atoms. The molecule has 0 saturated carbocycles. The Hall–Kier alpha value is -4.13. The molecule has 40 heavy (non-hydrogen) atoms. The molecule has 0 bridgehead atoms. The van der Waals surface area contributed by atoms with E-state index in [4.69, 9.17) is 11.6 Å². The second-order valence-electron chi connectivity index (χ2n) is 9.78. The Balaban J connectivity index is 1.23. The Morgan fingerprint density at radius 1 is 0.800 bits per heavy atom. The maximum atomic E-state index is 13.2. The van der Waals surface area contributed by atoms with Gasteiger partial charge in [-0.2, -0.15) is 0 Å². The molecule has 5 rings (SSSR count).